The van der Waals surface area contributed by atoms with E-state index in [1.54, 1.807) is 25.2 Å². The van der Waals surface area contributed by atoms with Gasteiger partial charge in [-0.1, -0.05) is 13.8 Å². The molecule has 0 radical (unpaired) electrons. The first-order valence-electron chi connectivity index (χ1n) is 6.85. The summed E-state index contributed by atoms with van der Waals surface area (Å²) in [6.45, 7) is 5.24. The lowest BCUT2D eigenvalue weighted by Gasteiger charge is -2.17. The van der Waals surface area contributed by atoms with E-state index in [1.165, 1.54) is 12.2 Å². The standard InChI is InChI=1S/C15H23NO4/c1-5-9-19-12-7-8-13(15(17)16(3)18-4)14(11-12)20-10-6-2/h7-8,11H,5-6,9-10H2,1-4H3. The fraction of sp³-hybridized carbons (Fsp3) is 0.533. The molecule has 112 valence electrons. The first kappa shape index (κ1) is 16.3. The SMILES string of the molecule is CCCOc1ccc(C(=O)N(C)OC)c(OCCC)c1. The van der Waals surface area contributed by atoms with Crippen LogP contribution in [0.15, 0.2) is 18.2 Å². The molecule has 0 spiro atoms. The van der Waals surface area contributed by atoms with Crippen LogP contribution in [0.5, 0.6) is 11.5 Å². The molecule has 5 heteroatoms. The molecule has 20 heavy (non-hydrogen) atoms. The normalized spacial score (nSPS) is 10.2. The zero-order valence-electron chi connectivity index (χ0n) is 12.6. The summed E-state index contributed by atoms with van der Waals surface area (Å²) in [5.41, 5.74) is 0.464. The number of rotatable bonds is 8. The molecular weight excluding hydrogens is 258 g/mol. The van der Waals surface area contributed by atoms with Crippen LogP contribution in [0, 0.1) is 0 Å². The molecule has 1 rings (SSSR count). The molecule has 0 aromatic heterocycles. The van der Waals surface area contributed by atoms with Gasteiger partial charge in [-0.2, -0.15) is 0 Å². The van der Waals surface area contributed by atoms with Crippen molar-refractivity contribution in [1.82, 2.24) is 5.06 Å². The van der Waals surface area contributed by atoms with Gasteiger partial charge in [0.1, 0.15) is 11.5 Å². The van der Waals surface area contributed by atoms with E-state index in [4.69, 9.17) is 14.3 Å². The van der Waals surface area contributed by atoms with Crippen LogP contribution in [0.1, 0.15) is 37.0 Å². The van der Waals surface area contributed by atoms with Gasteiger partial charge in [-0.25, -0.2) is 5.06 Å². The minimum Gasteiger partial charge on any atom is -0.493 e. The van der Waals surface area contributed by atoms with Gasteiger partial charge in [-0.15, -0.1) is 0 Å². The zero-order chi connectivity index (χ0) is 15.0. The van der Waals surface area contributed by atoms with Crippen LogP contribution >= 0.6 is 0 Å². The monoisotopic (exact) mass is 281 g/mol. The third kappa shape index (κ3) is 4.42. The van der Waals surface area contributed by atoms with E-state index < -0.39 is 0 Å². The van der Waals surface area contributed by atoms with E-state index in [0.29, 0.717) is 30.3 Å². The average molecular weight is 281 g/mol. The lowest BCUT2D eigenvalue weighted by molar-refractivity contribution is -0.0758. The van der Waals surface area contributed by atoms with Gasteiger partial charge >= 0.3 is 0 Å². The van der Waals surface area contributed by atoms with Gasteiger partial charge in [0, 0.05) is 13.1 Å². The van der Waals surface area contributed by atoms with Crippen LogP contribution in [0.3, 0.4) is 0 Å². The van der Waals surface area contributed by atoms with E-state index in [9.17, 15) is 4.79 Å². The summed E-state index contributed by atoms with van der Waals surface area (Å²) >= 11 is 0. The molecule has 5 nitrogen and oxygen atoms in total. The van der Waals surface area contributed by atoms with Crippen molar-refractivity contribution < 1.29 is 19.1 Å². The van der Waals surface area contributed by atoms with Crippen molar-refractivity contribution >= 4 is 5.91 Å². The highest BCUT2D eigenvalue weighted by Crippen LogP contribution is 2.26. The van der Waals surface area contributed by atoms with E-state index >= 15 is 0 Å². The van der Waals surface area contributed by atoms with Crippen LogP contribution in [-0.2, 0) is 4.84 Å². The molecular formula is C15H23NO4. The molecule has 1 aromatic carbocycles. The van der Waals surface area contributed by atoms with Crippen LogP contribution in [0.25, 0.3) is 0 Å². The van der Waals surface area contributed by atoms with Gasteiger partial charge in [0.15, 0.2) is 0 Å². The largest absolute Gasteiger partial charge is 0.493 e. The Kier molecular flexibility index (Phi) is 6.87. The Bertz CT molecular complexity index is 434. The summed E-state index contributed by atoms with van der Waals surface area (Å²) in [6, 6.07) is 5.22. The molecule has 0 unspecified atom stereocenters. The van der Waals surface area contributed by atoms with Gasteiger partial charge in [-0.3, -0.25) is 9.63 Å². The fourth-order valence-electron chi connectivity index (χ4n) is 1.57. The van der Waals surface area contributed by atoms with Gasteiger partial charge < -0.3 is 9.47 Å². The lowest BCUT2D eigenvalue weighted by Crippen LogP contribution is -2.26. The maximum absolute atomic E-state index is 12.2. The first-order chi connectivity index (χ1) is 9.63. The molecule has 0 aliphatic heterocycles. The number of hydroxylamine groups is 2. The van der Waals surface area contributed by atoms with Crippen molar-refractivity contribution in [2.24, 2.45) is 0 Å². The van der Waals surface area contributed by atoms with Crippen molar-refractivity contribution in [3.8, 4) is 11.5 Å². The summed E-state index contributed by atoms with van der Waals surface area (Å²) < 4.78 is 11.2. The highest BCUT2D eigenvalue weighted by molar-refractivity contribution is 5.96. The smallest absolute Gasteiger partial charge is 0.280 e. The number of benzene rings is 1. The van der Waals surface area contributed by atoms with E-state index in [0.717, 1.165) is 12.8 Å². The van der Waals surface area contributed by atoms with E-state index in [2.05, 4.69) is 0 Å². The van der Waals surface area contributed by atoms with Crippen LogP contribution in [0.4, 0.5) is 0 Å². The number of hydrogen-bond donors (Lipinski definition) is 0. The molecule has 0 saturated carbocycles. The summed E-state index contributed by atoms with van der Waals surface area (Å²) in [4.78, 5) is 17.1. The van der Waals surface area contributed by atoms with E-state index in [1.807, 2.05) is 13.8 Å². The minimum absolute atomic E-state index is 0.249. The van der Waals surface area contributed by atoms with Crippen molar-refractivity contribution in [2.45, 2.75) is 26.7 Å². The number of carbonyl (C=O) groups is 1. The summed E-state index contributed by atoms with van der Waals surface area (Å²) in [7, 11) is 3.01. The minimum atomic E-state index is -0.249. The summed E-state index contributed by atoms with van der Waals surface area (Å²) in [5.74, 6) is 0.976. The zero-order valence-corrected chi connectivity index (χ0v) is 12.6. The predicted molar refractivity (Wildman–Crippen MR) is 77.1 cm³/mol. The van der Waals surface area contributed by atoms with Gasteiger partial charge in [-0.05, 0) is 25.0 Å². The van der Waals surface area contributed by atoms with Gasteiger partial charge in [0.25, 0.3) is 5.91 Å². The molecule has 0 fully saturated rings. The fourth-order valence-corrected chi connectivity index (χ4v) is 1.57. The Hall–Kier alpha value is -1.75. The molecule has 0 bridgehead atoms. The molecule has 0 aliphatic carbocycles. The Balaban J connectivity index is 2.99. The molecule has 0 saturated heterocycles. The Morgan fingerprint density at radius 1 is 1.15 bits per heavy atom. The quantitative estimate of drug-likeness (QED) is 0.687. The summed E-state index contributed by atoms with van der Waals surface area (Å²) in [6.07, 6.45) is 1.80. The number of ether oxygens (including phenoxy) is 2. The molecule has 0 N–H and O–H groups in total. The average Bonchev–Trinajstić information content (AvgIpc) is 2.49. The predicted octanol–water partition coefficient (Wildman–Crippen LogP) is 2.90. The third-order valence-corrected chi connectivity index (χ3v) is 2.68. The Morgan fingerprint density at radius 2 is 1.80 bits per heavy atom. The maximum Gasteiger partial charge on any atom is 0.280 e. The third-order valence-electron chi connectivity index (χ3n) is 2.68. The highest BCUT2D eigenvalue weighted by atomic mass is 16.7. The maximum atomic E-state index is 12.2. The second-order valence-electron chi connectivity index (χ2n) is 4.34. The highest BCUT2D eigenvalue weighted by Gasteiger charge is 2.17. The number of hydrogen-bond acceptors (Lipinski definition) is 4. The van der Waals surface area contributed by atoms with Crippen molar-refractivity contribution in [1.29, 1.82) is 0 Å². The summed E-state index contributed by atoms with van der Waals surface area (Å²) in [5, 5.41) is 1.17. The molecule has 0 heterocycles. The van der Waals surface area contributed by atoms with Crippen molar-refractivity contribution in [3.05, 3.63) is 23.8 Å². The van der Waals surface area contributed by atoms with Crippen LogP contribution in [0.2, 0.25) is 0 Å². The van der Waals surface area contributed by atoms with Gasteiger partial charge in [0.2, 0.25) is 0 Å². The number of nitrogens with zero attached hydrogens (tertiary/aromatic N) is 1. The second-order valence-corrected chi connectivity index (χ2v) is 4.34. The van der Waals surface area contributed by atoms with Crippen LogP contribution < -0.4 is 9.47 Å². The Labute approximate surface area is 120 Å². The second kappa shape index (κ2) is 8.43. The molecule has 1 amide bonds. The first-order valence-corrected chi connectivity index (χ1v) is 6.85. The number of carbonyl (C=O) groups excluding carboxylic acids is 1. The molecule has 0 aliphatic rings. The van der Waals surface area contributed by atoms with Gasteiger partial charge in [0.05, 0.1) is 25.9 Å². The lowest BCUT2D eigenvalue weighted by atomic mass is 10.1. The van der Waals surface area contributed by atoms with Crippen LogP contribution in [-0.4, -0.2) is 38.3 Å². The topological polar surface area (TPSA) is 48.0 Å². The Morgan fingerprint density at radius 3 is 2.40 bits per heavy atom. The molecule has 1 aromatic rings. The number of amides is 1. The molecule has 0 atom stereocenters. The van der Waals surface area contributed by atoms with Crippen molar-refractivity contribution in [2.75, 3.05) is 27.4 Å². The van der Waals surface area contributed by atoms with Crippen molar-refractivity contribution in [3.63, 3.8) is 0 Å². The van der Waals surface area contributed by atoms with E-state index in [-0.39, 0.29) is 5.91 Å².